The van der Waals surface area contributed by atoms with E-state index in [4.69, 9.17) is 0 Å². The van der Waals surface area contributed by atoms with E-state index in [-0.39, 0.29) is 11.8 Å². The number of rotatable bonds is 8. The van der Waals surface area contributed by atoms with Gasteiger partial charge in [-0.25, -0.2) is 0 Å². The van der Waals surface area contributed by atoms with Gasteiger partial charge in [0.2, 0.25) is 5.91 Å². The van der Waals surface area contributed by atoms with Gasteiger partial charge in [0.15, 0.2) is 0 Å². The summed E-state index contributed by atoms with van der Waals surface area (Å²) in [5, 5.41) is 16.3. The van der Waals surface area contributed by atoms with E-state index in [9.17, 15) is 14.9 Å². The lowest BCUT2D eigenvalue weighted by molar-refractivity contribution is -0.115. The Bertz CT molecular complexity index is 1840. The molecule has 5 nitrogen and oxygen atoms in total. The van der Waals surface area contributed by atoms with E-state index in [1.165, 1.54) is 33.5 Å². The summed E-state index contributed by atoms with van der Waals surface area (Å²) in [6, 6.07) is 37.5. The zero-order chi connectivity index (χ0) is 30.5. The maximum Gasteiger partial charge on any atom is 0.255 e. The molecule has 1 heterocycles. The van der Waals surface area contributed by atoms with Crippen LogP contribution in [-0.4, -0.2) is 11.8 Å². The second kappa shape index (κ2) is 13.3. The molecule has 1 aliphatic carbocycles. The van der Waals surface area contributed by atoms with Crippen LogP contribution in [0.25, 0.3) is 0 Å². The Balaban J connectivity index is 1.22. The lowest BCUT2D eigenvalue weighted by Crippen LogP contribution is -2.19. The molecule has 0 saturated heterocycles. The number of nitriles is 1. The fourth-order valence-electron chi connectivity index (χ4n) is 5.65. The van der Waals surface area contributed by atoms with E-state index < -0.39 is 5.25 Å². The molecule has 4 aromatic carbocycles. The van der Waals surface area contributed by atoms with Crippen molar-refractivity contribution >= 4 is 45.6 Å². The molecule has 2 atom stereocenters. The number of carbonyl (C=O) groups is 2. The van der Waals surface area contributed by atoms with Gasteiger partial charge in [-0.15, -0.1) is 23.1 Å². The van der Waals surface area contributed by atoms with Gasteiger partial charge in [0.1, 0.15) is 16.3 Å². The lowest BCUT2D eigenvalue weighted by atomic mass is 9.83. The Morgan fingerprint density at radius 3 is 2.41 bits per heavy atom. The third-order valence-electron chi connectivity index (χ3n) is 7.85. The van der Waals surface area contributed by atoms with Crippen LogP contribution in [0, 0.1) is 18.3 Å². The molecule has 1 aliphatic rings. The number of nitrogens with zero attached hydrogens (tertiary/aromatic N) is 1. The lowest BCUT2D eigenvalue weighted by Gasteiger charge is -2.22. The molecule has 2 unspecified atom stereocenters. The standard InChI is InChI=1S/C37H31N3O2S2/c1-24-10-8-15-28(20-24)35(41)39-29-16-9-17-30(22-29)43-34(26-13-6-3-7-14-26)36(42)40-37-32(23-38)31-19-18-27(21-33(31)44-37)25-11-4-2-5-12-25/h2-17,20,22,27,34H,18-19,21H2,1H3,(H,39,41)(H,40,42). The van der Waals surface area contributed by atoms with E-state index in [0.29, 0.717) is 27.7 Å². The molecule has 6 rings (SSSR count). The van der Waals surface area contributed by atoms with Gasteiger partial charge in [0.05, 0.1) is 5.56 Å². The smallest absolute Gasteiger partial charge is 0.255 e. The molecule has 0 radical (unpaired) electrons. The van der Waals surface area contributed by atoms with Gasteiger partial charge in [0, 0.05) is 21.0 Å². The van der Waals surface area contributed by atoms with Gasteiger partial charge in [-0.05, 0) is 79.1 Å². The number of hydrogen-bond acceptors (Lipinski definition) is 5. The van der Waals surface area contributed by atoms with Crippen molar-refractivity contribution in [3.05, 3.63) is 147 Å². The van der Waals surface area contributed by atoms with Crippen LogP contribution in [0.5, 0.6) is 0 Å². The molecule has 0 aliphatic heterocycles. The van der Waals surface area contributed by atoms with E-state index in [2.05, 4.69) is 41.0 Å². The highest BCUT2D eigenvalue weighted by molar-refractivity contribution is 8.00. The zero-order valence-electron chi connectivity index (χ0n) is 24.2. The maximum atomic E-state index is 14.0. The van der Waals surface area contributed by atoms with Crippen molar-refractivity contribution in [2.75, 3.05) is 10.6 Å². The average Bonchev–Trinajstić information content (AvgIpc) is 3.40. The molecule has 0 bridgehead atoms. The topological polar surface area (TPSA) is 82.0 Å². The quantitative estimate of drug-likeness (QED) is 0.171. The highest BCUT2D eigenvalue weighted by Gasteiger charge is 2.29. The van der Waals surface area contributed by atoms with Crippen LogP contribution in [0.15, 0.2) is 114 Å². The molecule has 2 amide bonds. The van der Waals surface area contributed by atoms with E-state index >= 15 is 0 Å². The first-order valence-electron chi connectivity index (χ1n) is 14.6. The van der Waals surface area contributed by atoms with Crippen molar-refractivity contribution in [1.82, 2.24) is 0 Å². The predicted octanol–water partition coefficient (Wildman–Crippen LogP) is 8.93. The number of amides is 2. The number of carbonyl (C=O) groups excluding carboxylic acids is 2. The average molecular weight is 614 g/mol. The van der Waals surface area contributed by atoms with E-state index in [1.54, 1.807) is 6.07 Å². The molecule has 5 aromatic rings. The first kappa shape index (κ1) is 29.4. The Kier molecular flexibility index (Phi) is 8.92. The van der Waals surface area contributed by atoms with Crippen LogP contribution in [0.2, 0.25) is 0 Å². The number of thioether (sulfide) groups is 1. The largest absolute Gasteiger partial charge is 0.322 e. The maximum absolute atomic E-state index is 14.0. The Labute approximate surface area is 266 Å². The minimum atomic E-state index is -0.568. The monoisotopic (exact) mass is 613 g/mol. The van der Waals surface area contributed by atoms with Crippen molar-refractivity contribution in [2.24, 2.45) is 0 Å². The molecular weight excluding hydrogens is 583 g/mol. The van der Waals surface area contributed by atoms with Gasteiger partial charge in [-0.3, -0.25) is 9.59 Å². The highest BCUT2D eigenvalue weighted by atomic mass is 32.2. The SMILES string of the molecule is Cc1cccc(C(=O)Nc2cccc(SC(C(=O)Nc3sc4c(c3C#N)CCC(c3ccccc3)C4)c3ccccc3)c2)c1. The second-order valence-corrected chi connectivity index (χ2v) is 13.2. The first-order valence-corrected chi connectivity index (χ1v) is 16.3. The van der Waals surface area contributed by atoms with Crippen LogP contribution in [-0.2, 0) is 17.6 Å². The summed E-state index contributed by atoms with van der Waals surface area (Å²) >= 11 is 2.94. The van der Waals surface area contributed by atoms with Crippen molar-refractivity contribution in [3.8, 4) is 6.07 Å². The number of anilines is 2. The third-order valence-corrected chi connectivity index (χ3v) is 10.3. The van der Waals surface area contributed by atoms with Gasteiger partial charge < -0.3 is 10.6 Å². The minimum Gasteiger partial charge on any atom is -0.322 e. The molecule has 0 fully saturated rings. The van der Waals surface area contributed by atoms with Crippen molar-refractivity contribution in [2.45, 2.75) is 42.2 Å². The molecule has 1 aromatic heterocycles. The van der Waals surface area contributed by atoms with Gasteiger partial charge in [0.25, 0.3) is 5.91 Å². The van der Waals surface area contributed by atoms with Crippen LogP contribution >= 0.6 is 23.1 Å². The second-order valence-electron chi connectivity index (χ2n) is 10.9. The fraction of sp³-hybridized carbons (Fsp3) is 0.162. The van der Waals surface area contributed by atoms with Gasteiger partial charge >= 0.3 is 0 Å². The molecule has 2 N–H and O–H groups in total. The third kappa shape index (κ3) is 6.62. The normalized spacial score (nSPS) is 14.6. The predicted molar refractivity (Wildman–Crippen MR) is 179 cm³/mol. The van der Waals surface area contributed by atoms with Crippen molar-refractivity contribution in [3.63, 3.8) is 0 Å². The first-order chi connectivity index (χ1) is 21.5. The van der Waals surface area contributed by atoms with Crippen LogP contribution in [0.3, 0.4) is 0 Å². The summed E-state index contributed by atoms with van der Waals surface area (Å²) in [5.74, 6) is 0.0299. The minimum absolute atomic E-state index is 0.187. The van der Waals surface area contributed by atoms with Crippen molar-refractivity contribution < 1.29 is 9.59 Å². The fourth-order valence-corrected chi connectivity index (χ4v) is 8.02. The Morgan fingerprint density at radius 1 is 0.909 bits per heavy atom. The molecule has 0 spiro atoms. The summed E-state index contributed by atoms with van der Waals surface area (Å²) in [4.78, 5) is 28.8. The molecular formula is C37H31N3O2S2. The number of hydrogen-bond donors (Lipinski definition) is 2. The molecule has 7 heteroatoms. The number of aryl methyl sites for hydroxylation is 1. The van der Waals surface area contributed by atoms with E-state index in [0.717, 1.165) is 40.8 Å². The summed E-state index contributed by atoms with van der Waals surface area (Å²) in [5.41, 5.74) is 6.08. The number of benzene rings is 4. The summed E-state index contributed by atoms with van der Waals surface area (Å²) in [6.45, 7) is 1.95. The number of nitrogens with one attached hydrogen (secondary N) is 2. The number of thiophene rings is 1. The van der Waals surface area contributed by atoms with Crippen LogP contribution in [0.4, 0.5) is 10.7 Å². The highest BCUT2D eigenvalue weighted by Crippen LogP contribution is 2.43. The van der Waals surface area contributed by atoms with Crippen molar-refractivity contribution in [1.29, 1.82) is 5.26 Å². The molecule has 44 heavy (non-hydrogen) atoms. The zero-order valence-corrected chi connectivity index (χ0v) is 25.9. The van der Waals surface area contributed by atoms with Crippen LogP contribution < -0.4 is 10.6 Å². The summed E-state index contributed by atoms with van der Waals surface area (Å²) in [6.07, 6.45) is 2.67. The van der Waals surface area contributed by atoms with Gasteiger partial charge in [-0.2, -0.15) is 5.26 Å². The molecule has 218 valence electrons. The Hall–Kier alpha value is -4.64. The summed E-state index contributed by atoms with van der Waals surface area (Å²) in [7, 11) is 0. The number of fused-ring (bicyclic) bond motifs is 1. The van der Waals surface area contributed by atoms with Gasteiger partial charge in [-0.1, -0.05) is 84.4 Å². The summed E-state index contributed by atoms with van der Waals surface area (Å²) < 4.78 is 0. The molecule has 0 saturated carbocycles. The van der Waals surface area contributed by atoms with Crippen LogP contribution in [0.1, 0.15) is 60.6 Å². The Morgan fingerprint density at radius 2 is 1.66 bits per heavy atom. The van der Waals surface area contributed by atoms with E-state index in [1.807, 2.05) is 85.8 Å².